The Bertz CT molecular complexity index is 571. The second kappa shape index (κ2) is 5.99. The third-order valence-electron chi connectivity index (χ3n) is 2.96. The van der Waals surface area contributed by atoms with Crippen LogP contribution in [0.15, 0.2) is 30.6 Å². The number of hydrogen-bond donors (Lipinski definition) is 2. The number of anilines is 1. The number of rotatable bonds is 4. The fraction of sp³-hybridized carbons (Fsp3) is 0.286. The number of nitrogens with one attached hydrogen (secondary N) is 1. The van der Waals surface area contributed by atoms with Crippen molar-refractivity contribution < 1.29 is 0 Å². The first-order valence-corrected chi connectivity index (χ1v) is 6.57. The highest BCUT2D eigenvalue weighted by Crippen LogP contribution is 2.28. The molecule has 2 rings (SSSR count). The first-order chi connectivity index (χ1) is 9.13. The van der Waals surface area contributed by atoms with E-state index in [-0.39, 0.29) is 6.04 Å². The summed E-state index contributed by atoms with van der Waals surface area (Å²) in [6.45, 7) is 4.87. The Kier molecular flexibility index (Phi) is 4.35. The highest BCUT2D eigenvalue weighted by Gasteiger charge is 2.19. The Morgan fingerprint density at radius 1 is 1.42 bits per heavy atom. The zero-order valence-electron chi connectivity index (χ0n) is 11.0. The van der Waals surface area contributed by atoms with Crippen LogP contribution >= 0.6 is 11.6 Å². The van der Waals surface area contributed by atoms with Crippen molar-refractivity contribution in [3.05, 3.63) is 52.4 Å². The lowest BCUT2D eigenvalue weighted by atomic mass is 10.0. The van der Waals surface area contributed by atoms with E-state index in [1.807, 2.05) is 32.0 Å². The largest absolute Gasteiger partial charge is 0.383 e. The lowest BCUT2D eigenvalue weighted by molar-refractivity contribution is 0.612. The van der Waals surface area contributed by atoms with E-state index < -0.39 is 0 Å². The molecule has 2 aromatic rings. The van der Waals surface area contributed by atoms with E-state index in [2.05, 4.69) is 15.3 Å². The molecule has 0 aromatic carbocycles. The number of nitrogen functional groups attached to an aromatic ring is 1. The van der Waals surface area contributed by atoms with Gasteiger partial charge in [0.15, 0.2) is 0 Å². The normalized spacial score (nSPS) is 12.4. The summed E-state index contributed by atoms with van der Waals surface area (Å²) in [6, 6.07) is 5.69. The summed E-state index contributed by atoms with van der Waals surface area (Å²) >= 11 is 6.02. The molecule has 0 saturated carbocycles. The maximum atomic E-state index is 6.02. The highest BCUT2D eigenvalue weighted by atomic mass is 35.5. The number of nitrogens with zero attached hydrogens (tertiary/aromatic N) is 2. The summed E-state index contributed by atoms with van der Waals surface area (Å²) in [5.41, 5.74) is 8.88. The van der Waals surface area contributed by atoms with Gasteiger partial charge < -0.3 is 11.1 Å². The minimum Gasteiger partial charge on any atom is -0.383 e. The van der Waals surface area contributed by atoms with Gasteiger partial charge in [-0.2, -0.15) is 0 Å². The number of halogens is 1. The molecular weight excluding hydrogens is 260 g/mol. The third-order valence-corrected chi connectivity index (χ3v) is 3.17. The first kappa shape index (κ1) is 13.8. The van der Waals surface area contributed by atoms with Gasteiger partial charge in [0.25, 0.3) is 0 Å². The summed E-state index contributed by atoms with van der Waals surface area (Å²) < 4.78 is 0. The van der Waals surface area contributed by atoms with Crippen molar-refractivity contribution in [3.8, 4) is 0 Å². The van der Waals surface area contributed by atoms with E-state index in [0.717, 1.165) is 23.4 Å². The van der Waals surface area contributed by atoms with Crippen molar-refractivity contribution in [1.82, 2.24) is 15.3 Å². The Morgan fingerprint density at radius 3 is 2.89 bits per heavy atom. The Balaban J connectivity index is 2.51. The van der Waals surface area contributed by atoms with E-state index in [9.17, 15) is 0 Å². The molecule has 0 aliphatic rings. The van der Waals surface area contributed by atoms with E-state index in [4.69, 9.17) is 17.3 Å². The Labute approximate surface area is 118 Å². The maximum absolute atomic E-state index is 6.02. The van der Waals surface area contributed by atoms with Gasteiger partial charge in [-0.05, 0) is 31.2 Å². The van der Waals surface area contributed by atoms with Gasteiger partial charge in [0.05, 0.1) is 16.8 Å². The molecule has 1 unspecified atom stereocenters. The van der Waals surface area contributed by atoms with Crippen LogP contribution in [0.25, 0.3) is 0 Å². The predicted octanol–water partition coefficient (Wildman–Crippen LogP) is 2.72. The summed E-state index contributed by atoms with van der Waals surface area (Å²) in [6.07, 6.45) is 3.33. The molecule has 19 heavy (non-hydrogen) atoms. The lowest BCUT2D eigenvalue weighted by Crippen LogP contribution is -2.25. The number of hydrogen-bond acceptors (Lipinski definition) is 4. The molecule has 0 aliphatic carbocycles. The van der Waals surface area contributed by atoms with E-state index in [1.54, 1.807) is 12.4 Å². The van der Waals surface area contributed by atoms with E-state index in [0.29, 0.717) is 10.8 Å². The minimum atomic E-state index is -0.0996. The molecule has 2 aromatic heterocycles. The van der Waals surface area contributed by atoms with Crippen molar-refractivity contribution >= 4 is 17.4 Å². The van der Waals surface area contributed by atoms with E-state index >= 15 is 0 Å². The Hall–Kier alpha value is -1.65. The van der Waals surface area contributed by atoms with Crippen LogP contribution in [0.3, 0.4) is 0 Å². The molecule has 0 radical (unpaired) electrons. The zero-order valence-corrected chi connectivity index (χ0v) is 11.8. The van der Waals surface area contributed by atoms with Crippen LogP contribution in [-0.2, 0) is 0 Å². The average Bonchev–Trinajstić information content (AvgIpc) is 2.40. The molecule has 0 fully saturated rings. The summed E-state index contributed by atoms with van der Waals surface area (Å²) in [4.78, 5) is 8.57. The summed E-state index contributed by atoms with van der Waals surface area (Å²) in [7, 11) is 0. The number of aromatic nitrogens is 2. The molecule has 5 heteroatoms. The predicted molar refractivity (Wildman–Crippen MR) is 78.2 cm³/mol. The van der Waals surface area contributed by atoms with Crippen LogP contribution < -0.4 is 11.1 Å². The third kappa shape index (κ3) is 3.03. The van der Waals surface area contributed by atoms with Crippen LogP contribution in [0, 0.1) is 6.92 Å². The van der Waals surface area contributed by atoms with Crippen LogP contribution in [0.4, 0.5) is 5.82 Å². The van der Waals surface area contributed by atoms with Crippen molar-refractivity contribution in [3.63, 3.8) is 0 Å². The molecule has 0 amide bonds. The standard InChI is InChI=1S/C14H17ClN4/c1-3-17-13(12-9(2)5-4-6-18-12)11-7-10(15)8-19-14(11)16/h4-8,13,17H,3H2,1-2H3,(H2,16,19). The monoisotopic (exact) mass is 276 g/mol. The molecule has 1 atom stereocenters. The highest BCUT2D eigenvalue weighted by molar-refractivity contribution is 6.30. The van der Waals surface area contributed by atoms with Gasteiger partial charge in [-0.1, -0.05) is 24.6 Å². The zero-order chi connectivity index (χ0) is 13.8. The molecule has 4 nitrogen and oxygen atoms in total. The van der Waals surface area contributed by atoms with Crippen molar-refractivity contribution in [2.45, 2.75) is 19.9 Å². The van der Waals surface area contributed by atoms with Gasteiger partial charge in [-0.25, -0.2) is 4.98 Å². The van der Waals surface area contributed by atoms with Crippen LogP contribution in [0.2, 0.25) is 5.02 Å². The van der Waals surface area contributed by atoms with Crippen molar-refractivity contribution in [2.75, 3.05) is 12.3 Å². The molecular formula is C14H17ClN4. The van der Waals surface area contributed by atoms with Crippen molar-refractivity contribution in [2.24, 2.45) is 0 Å². The Morgan fingerprint density at radius 2 is 2.21 bits per heavy atom. The maximum Gasteiger partial charge on any atom is 0.128 e. The molecule has 2 heterocycles. The van der Waals surface area contributed by atoms with Crippen LogP contribution in [0.1, 0.15) is 29.8 Å². The topological polar surface area (TPSA) is 63.8 Å². The smallest absolute Gasteiger partial charge is 0.128 e. The van der Waals surface area contributed by atoms with Gasteiger partial charge in [-0.15, -0.1) is 0 Å². The number of aryl methyl sites for hydroxylation is 1. The average molecular weight is 277 g/mol. The van der Waals surface area contributed by atoms with Crippen LogP contribution in [-0.4, -0.2) is 16.5 Å². The fourth-order valence-electron chi connectivity index (χ4n) is 2.05. The molecule has 0 spiro atoms. The fourth-order valence-corrected chi connectivity index (χ4v) is 2.22. The molecule has 100 valence electrons. The summed E-state index contributed by atoms with van der Waals surface area (Å²) in [5, 5.41) is 3.95. The van der Waals surface area contributed by atoms with Gasteiger partial charge in [-0.3, -0.25) is 4.98 Å². The SMILES string of the molecule is CCNC(c1cc(Cl)cnc1N)c1ncccc1C. The number of pyridine rings is 2. The molecule has 0 aliphatic heterocycles. The van der Waals surface area contributed by atoms with Crippen LogP contribution in [0.5, 0.6) is 0 Å². The van der Waals surface area contributed by atoms with Gasteiger partial charge in [0.1, 0.15) is 5.82 Å². The van der Waals surface area contributed by atoms with Gasteiger partial charge in [0.2, 0.25) is 0 Å². The van der Waals surface area contributed by atoms with Crippen molar-refractivity contribution in [1.29, 1.82) is 0 Å². The minimum absolute atomic E-state index is 0.0996. The van der Waals surface area contributed by atoms with Gasteiger partial charge >= 0.3 is 0 Å². The van der Waals surface area contributed by atoms with E-state index in [1.165, 1.54) is 0 Å². The first-order valence-electron chi connectivity index (χ1n) is 6.19. The molecule has 3 N–H and O–H groups in total. The quantitative estimate of drug-likeness (QED) is 0.901. The number of nitrogens with two attached hydrogens (primary N) is 1. The lowest BCUT2D eigenvalue weighted by Gasteiger charge is -2.20. The second-order valence-corrected chi connectivity index (χ2v) is 4.76. The van der Waals surface area contributed by atoms with Gasteiger partial charge in [0, 0.05) is 18.0 Å². The molecule has 0 bridgehead atoms. The second-order valence-electron chi connectivity index (χ2n) is 4.32. The molecule has 0 saturated heterocycles. The summed E-state index contributed by atoms with van der Waals surface area (Å²) in [5.74, 6) is 0.473.